The Labute approximate surface area is 701 Å². The van der Waals surface area contributed by atoms with E-state index < -0.39 is 63.8 Å². The van der Waals surface area contributed by atoms with Gasteiger partial charge < -0.3 is 91.5 Å². The highest BCUT2D eigenvalue weighted by Gasteiger charge is 2.65. The Balaban J connectivity index is 0.000000189. The summed E-state index contributed by atoms with van der Waals surface area (Å²) in [6, 6.07) is 24.2. The maximum atomic E-state index is 14.7. The molecule has 0 aliphatic heterocycles. The summed E-state index contributed by atoms with van der Waals surface area (Å²) >= 11 is 0. The molecule has 0 amide bonds. The van der Waals surface area contributed by atoms with Gasteiger partial charge in [0.1, 0.15) is 58.8 Å². The standard InChI is InChI=1S/C34H44O9.C31H45FO9.C29H40O6/c1-4-32(2,3)30(39)43-34-14-21-10-22(15-34)13-33(12-21,20-34)31(40)42-27(23-8-6-5-7-9-23)19-41-18-25-11-24(16-35)28(37)26(17-36)29(25)38;1-7-29(2,32)27(33)41-31-14-20-10-21(15-31)13-30(12-20,19-31)28(34)40-9-8-39-17-23-11-22(16-35-3)25(37-5)24(18-36-4)26(23)38-6;1-7-29(3,4)28(30)35-26-15-11-9-13-24(26)33-23-12-8-10-14-25(23)34-27-21(18-31-5)16-20(2)17-22(27)19-32-6/h5-9,11,21-22,27,35-38H,4,10,12-20H2,1-3H3;11,20-21H,7-10,12-19H2,1-6H3;9,11,13,15-17,23,25H,7-8,10,12,14,18-19H2,1-6H3. The first-order valence-electron chi connectivity index (χ1n) is 42.3. The Morgan fingerprint density at radius 3 is 1.48 bits per heavy atom. The predicted octanol–water partition coefficient (Wildman–Crippen LogP) is 16.7. The van der Waals surface area contributed by atoms with E-state index in [9.17, 15) is 48.8 Å². The minimum atomic E-state index is -2.03. The fourth-order valence-corrected chi connectivity index (χ4v) is 19.4. The van der Waals surface area contributed by atoms with E-state index in [0.29, 0.717) is 99.8 Å². The molecular weight excluding hydrogens is 1530 g/mol. The molecule has 9 aliphatic carbocycles. The number of aryl methyl sites for hydroxylation is 1. The van der Waals surface area contributed by atoms with Crippen LogP contribution in [0.1, 0.15) is 239 Å². The van der Waals surface area contributed by atoms with Gasteiger partial charge in [-0.05, 0) is 204 Å². The van der Waals surface area contributed by atoms with Crippen LogP contribution in [-0.4, -0.2) is 142 Å². The summed E-state index contributed by atoms with van der Waals surface area (Å²) in [5.74, 6) is 1.67. The summed E-state index contributed by atoms with van der Waals surface area (Å²) in [6.45, 7) is 17.4. The van der Waals surface area contributed by atoms with E-state index in [0.717, 1.165) is 122 Å². The van der Waals surface area contributed by atoms with Crippen molar-refractivity contribution in [1.82, 2.24) is 0 Å². The number of para-hydroxylation sites is 2. The quantitative estimate of drug-likeness (QED) is 0.0123. The van der Waals surface area contributed by atoms with E-state index in [1.54, 1.807) is 55.6 Å². The topological polar surface area (TPSA) is 305 Å². The van der Waals surface area contributed by atoms with E-state index in [1.807, 2.05) is 96.1 Å². The van der Waals surface area contributed by atoms with Crippen LogP contribution in [0.4, 0.5) is 4.39 Å². The van der Waals surface area contributed by atoms with E-state index in [4.69, 9.17) is 71.1 Å². The van der Waals surface area contributed by atoms with Crippen molar-refractivity contribution in [3.63, 3.8) is 0 Å². The van der Waals surface area contributed by atoms with Crippen molar-refractivity contribution < 1.29 is 120 Å². The number of hydrogen-bond donors (Lipinski definition) is 4. The van der Waals surface area contributed by atoms with Gasteiger partial charge in [0.25, 0.3) is 0 Å². The molecular formula is C94H129FO24. The first-order chi connectivity index (χ1) is 56.8. The first kappa shape index (κ1) is 93.1. The molecule has 9 fully saturated rings. The molecule has 8 atom stereocenters. The number of aliphatic hydroxyl groups is 2. The number of ether oxygens (including phenoxy) is 15. The molecule has 0 heterocycles. The van der Waals surface area contributed by atoms with E-state index in [2.05, 4.69) is 19.1 Å². The van der Waals surface area contributed by atoms with Crippen LogP contribution >= 0.6 is 0 Å². The van der Waals surface area contributed by atoms with E-state index >= 15 is 0 Å². The summed E-state index contributed by atoms with van der Waals surface area (Å²) in [4.78, 5) is 66.1. The van der Waals surface area contributed by atoms with Crippen molar-refractivity contribution in [2.24, 2.45) is 45.3 Å². The molecule has 14 rings (SSSR count). The molecule has 119 heavy (non-hydrogen) atoms. The van der Waals surface area contributed by atoms with Gasteiger partial charge in [0.15, 0.2) is 17.6 Å². The van der Waals surface area contributed by atoms with Crippen molar-refractivity contribution in [1.29, 1.82) is 0 Å². The molecule has 8 bridgehead atoms. The fraction of sp³-hybridized carbons (Fsp3) is 0.628. The van der Waals surface area contributed by atoms with Gasteiger partial charge in [-0.3, -0.25) is 19.2 Å². The highest BCUT2D eigenvalue weighted by molar-refractivity contribution is 5.82. The molecule has 0 saturated heterocycles. The minimum Gasteiger partial charge on any atom is -0.507 e. The number of aromatic hydroxyl groups is 2. The van der Waals surface area contributed by atoms with E-state index in [1.165, 1.54) is 13.0 Å². The van der Waals surface area contributed by atoms with E-state index in [-0.39, 0.29) is 116 Å². The molecule has 9 saturated carbocycles. The predicted molar refractivity (Wildman–Crippen MR) is 440 cm³/mol. The van der Waals surface area contributed by atoms with Crippen LogP contribution in [0, 0.1) is 52.3 Å². The Kier molecular flexibility index (Phi) is 31.8. The van der Waals surface area contributed by atoms with Crippen LogP contribution in [0.3, 0.4) is 0 Å². The Morgan fingerprint density at radius 1 is 0.496 bits per heavy atom. The summed E-state index contributed by atoms with van der Waals surface area (Å²) in [5, 5.41) is 40.0. The van der Waals surface area contributed by atoms with Crippen molar-refractivity contribution in [2.75, 3.05) is 62.5 Å². The second-order valence-corrected chi connectivity index (χ2v) is 35.7. The third kappa shape index (κ3) is 22.0. The molecule has 9 aliphatic rings. The number of halogens is 1. The van der Waals surface area contributed by atoms with Gasteiger partial charge in [-0.1, -0.05) is 80.9 Å². The lowest BCUT2D eigenvalue weighted by Crippen LogP contribution is -2.60. The SMILES string of the molecule is CCC(C)(C)C(=O)OC12CC3CC(C1)CC(C(=O)OC(COCc1cc(CO)c(O)c(CO)c1O)c1ccccc1)(C3)C2.CCC(C)(C)C(=O)Oc1ccccc1OC1CCCCC1Oc1c(COC)cc(C)cc1COC.CCC(C)(F)C(=O)OC12CC3CC(C1)CC(C(=O)OCCOCc1cc(COC)c(OC)c(COC)c1OC)(C3)C2. The molecule has 24 nitrogen and oxygen atoms in total. The van der Waals surface area contributed by atoms with Crippen molar-refractivity contribution in [3.8, 4) is 40.2 Å². The maximum absolute atomic E-state index is 14.7. The van der Waals surface area contributed by atoms with Crippen LogP contribution in [-0.2, 0) is 124 Å². The lowest BCUT2D eigenvalue weighted by atomic mass is 9.48. The largest absolute Gasteiger partial charge is 0.507 e. The monoisotopic (exact) mass is 1660 g/mol. The fourth-order valence-electron chi connectivity index (χ4n) is 19.4. The lowest BCUT2D eigenvalue weighted by molar-refractivity contribution is -0.220. The van der Waals surface area contributed by atoms with Crippen molar-refractivity contribution in [2.45, 2.75) is 272 Å². The number of carbonyl (C=O) groups is 5. The van der Waals surface area contributed by atoms with Crippen molar-refractivity contribution >= 4 is 29.8 Å². The van der Waals surface area contributed by atoms with Gasteiger partial charge in [0, 0.05) is 74.7 Å². The zero-order valence-electron chi connectivity index (χ0n) is 72.6. The molecule has 4 N–H and O–H groups in total. The zero-order valence-corrected chi connectivity index (χ0v) is 72.6. The normalized spacial score (nSPS) is 24.6. The molecule has 0 spiro atoms. The summed E-state index contributed by atoms with van der Waals surface area (Å²) in [6.07, 6.45) is 13.0. The molecule has 8 unspecified atom stereocenters. The highest BCUT2D eigenvalue weighted by Crippen LogP contribution is 2.65. The summed E-state index contributed by atoms with van der Waals surface area (Å²) in [5.41, 5.74) is 0.611. The number of benzene rings is 5. The number of phenols is 2. The molecule has 0 aromatic heterocycles. The molecule has 5 aromatic carbocycles. The number of alkyl halides is 1. The van der Waals surface area contributed by atoms with Gasteiger partial charge in [-0.2, -0.15) is 0 Å². The van der Waals surface area contributed by atoms with Gasteiger partial charge in [0.2, 0.25) is 5.67 Å². The van der Waals surface area contributed by atoms with Crippen LogP contribution in [0.2, 0.25) is 0 Å². The number of rotatable bonds is 38. The molecule has 656 valence electrons. The summed E-state index contributed by atoms with van der Waals surface area (Å²) < 4.78 is 103. The van der Waals surface area contributed by atoms with Crippen LogP contribution in [0.15, 0.2) is 78.9 Å². The first-order valence-corrected chi connectivity index (χ1v) is 42.3. The van der Waals surface area contributed by atoms with Crippen LogP contribution in [0.25, 0.3) is 0 Å². The number of aliphatic hydroxyl groups excluding tert-OH is 2. The summed E-state index contributed by atoms with van der Waals surface area (Å²) in [7, 11) is 9.77. The molecule has 0 radical (unpaired) electrons. The number of hydrogen-bond acceptors (Lipinski definition) is 24. The van der Waals surface area contributed by atoms with Gasteiger partial charge in [-0.15, -0.1) is 0 Å². The van der Waals surface area contributed by atoms with Crippen LogP contribution < -0.4 is 23.7 Å². The lowest BCUT2D eigenvalue weighted by Gasteiger charge is -2.60. The number of esters is 5. The smallest absolute Gasteiger partial charge is 0.344 e. The van der Waals surface area contributed by atoms with Crippen molar-refractivity contribution in [3.05, 3.63) is 134 Å². The highest BCUT2D eigenvalue weighted by atomic mass is 19.1. The average molecular weight is 1660 g/mol. The number of carbonyl (C=O) groups excluding carboxylic acids is 5. The zero-order chi connectivity index (χ0) is 86.3. The van der Waals surface area contributed by atoms with Crippen LogP contribution in [0.5, 0.6) is 40.2 Å². The third-order valence-corrected chi connectivity index (χ3v) is 25.7. The molecule has 5 aromatic rings. The average Bonchev–Trinajstić information content (AvgIpc) is 0.718. The second kappa shape index (κ2) is 40.7. The van der Waals surface area contributed by atoms with Gasteiger partial charge in [-0.25, -0.2) is 9.18 Å². The second-order valence-electron chi connectivity index (χ2n) is 35.7. The van der Waals surface area contributed by atoms with Gasteiger partial charge >= 0.3 is 29.8 Å². The Bertz CT molecular complexity index is 4210. The maximum Gasteiger partial charge on any atom is 0.344 e. The minimum absolute atomic E-state index is 0.00720. The third-order valence-electron chi connectivity index (χ3n) is 25.7. The van der Waals surface area contributed by atoms with Gasteiger partial charge in [0.05, 0.1) is 113 Å². The molecule has 25 heteroatoms. The Hall–Kier alpha value is -8.14. The Morgan fingerprint density at radius 2 is 0.966 bits per heavy atom. The number of methoxy groups -OCH3 is 6.